The van der Waals surface area contributed by atoms with Crippen LogP contribution in [0, 0.1) is 23.7 Å². The summed E-state index contributed by atoms with van der Waals surface area (Å²) in [5, 5.41) is 3.99. The molecule has 0 aromatic heterocycles. The third-order valence-corrected chi connectivity index (χ3v) is 8.54. The van der Waals surface area contributed by atoms with Crippen LogP contribution in [0.3, 0.4) is 0 Å². The Bertz CT molecular complexity index is 997. The van der Waals surface area contributed by atoms with E-state index in [1.54, 1.807) is 0 Å². The lowest BCUT2D eigenvalue weighted by molar-refractivity contribution is 0.983. The molecule has 142 valence electrons. The highest BCUT2D eigenvalue weighted by Crippen LogP contribution is 2.43. The van der Waals surface area contributed by atoms with E-state index in [1.807, 2.05) is 6.08 Å². The van der Waals surface area contributed by atoms with E-state index < -0.39 is 6.89 Å². The Morgan fingerprint density at radius 1 is 0.690 bits per heavy atom. The minimum atomic E-state index is -1.94. The monoisotopic (exact) mass is 392 g/mol. The van der Waals surface area contributed by atoms with Crippen molar-refractivity contribution in [3.8, 4) is 23.7 Å². The molecule has 0 heterocycles. The van der Waals surface area contributed by atoms with Gasteiger partial charge in [-0.05, 0) is 47.1 Å². The molecule has 0 fully saturated rings. The van der Waals surface area contributed by atoms with Crippen LogP contribution in [0.2, 0.25) is 0 Å². The molecular formula is C28H25P. The first kappa shape index (κ1) is 20.6. The zero-order chi connectivity index (χ0) is 20.2. The van der Waals surface area contributed by atoms with Gasteiger partial charge in [0, 0.05) is 6.42 Å². The summed E-state index contributed by atoms with van der Waals surface area (Å²) in [5.74, 6) is 14.3. The molecule has 0 N–H and O–H groups in total. The second-order valence-corrected chi connectivity index (χ2v) is 9.85. The Labute approximate surface area is 175 Å². The van der Waals surface area contributed by atoms with Crippen LogP contribution in [0.1, 0.15) is 19.8 Å². The maximum Gasteiger partial charge on any atom is 0.00963 e. The van der Waals surface area contributed by atoms with Crippen molar-refractivity contribution in [1.82, 2.24) is 0 Å². The third kappa shape index (κ3) is 5.21. The molecule has 0 amide bonds. The minimum absolute atomic E-state index is 0.898. The average molecular weight is 392 g/mol. The van der Waals surface area contributed by atoms with Crippen molar-refractivity contribution in [2.45, 2.75) is 19.8 Å². The van der Waals surface area contributed by atoms with Crippen molar-refractivity contribution in [2.75, 3.05) is 0 Å². The van der Waals surface area contributed by atoms with Crippen LogP contribution in [0.5, 0.6) is 0 Å². The van der Waals surface area contributed by atoms with E-state index >= 15 is 0 Å². The van der Waals surface area contributed by atoms with Gasteiger partial charge in [0.25, 0.3) is 0 Å². The van der Waals surface area contributed by atoms with Crippen molar-refractivity contribution in [3.63, 3.8) is 0 Å². The summed E-state index contributed by atoms with van der Waals surface area (Å²) in [6, 6.07) is 32.4. The fourth-order valence-corrected chi connectivity index (χ4v) is 6.91. The number of benzene rings is 3. The van der Waals surface area contributed by atoms with Gasteiger partial charge in [-0.3, -0.25) is 0 Å². The first-order valence-electron chi connectivity index (χ1n) is 9.93. The van der Waals surface area contributed by atoms with Crippen molar-refractivity contribution >= 4 is 28.6 Å². The smallest absolute Gasteiger partial charge is 0.00963 e. The van der Waals surface area contributed by atoms with E-state index in [9.17, 15) is 0 Å². The number of hydrogen-bond acceptors (Lipinski definition) is 0. The molecule has 29 heavy (non-hydrogen) atoms. The molecule has 0 aliphatic rings. The van der Waals surface area contributed by atoms with Crippen LogP contribution in [0.25, 0.3) is 0 Å². The lowest BCUT2D eigenvalue weighted by Gasteiger charge is -2.28. The second kappa shape index (κ2) is 11.0. The average Bonchev–Trinajstić information content (AvgIpc) is 2.80. The van der Waals surface area contributed by atoms with Gasteiger partial charge in [0.05, 0.1) is 0 Å². The van der Waals surface area contributed by atoms with E-state index in [1.165, 1.54) is 15.9 Å². The maximum absolute atomic E-state index is 3.06. The summed E-state index contributed by atoms with van der Waals surface area (Å²) in [5.41, 5.74) is 0. The van der Waals surface area contributed by atoms with Gasteiger partial charge in [-0.25, -0.2) is 0 Å². The van der Waals surface area contributed by atoms with Crippen LogP contribution < -0.4 is 15.9 Å². The lowest BCUT2D eigenvalue weighted by Crippen LogP contribution is -2.26. The molecule has 0 saturated heterocycles. The molecule has 3 aromatic rings. The van der Waals surface area contributed by atoms with Gasteiger partial charge in [0.2, 0.25) is 0 Å². The van der Waals surface area contributed by atoms with Crippen molar-refractivity contribution in [2.24, 2.45) is 0 Å². The summed E-state index contributed by atoms with van der Waals surface area (Å²) < 4.78 is 0. The zero-order valence-corrected chi connectivity index (χ0v) is 17.6. The normalized spacial score (nSPS) is 10.5. The van der Waals surface area contributed by atoms with E-state index in [4.69, 9.17) is 0 Å². The molecular weight excluding hydrogens is 367 g/mol. The molecule has 3 rings (SSSR count). The summed E-state index contributed by atoms with van der Waals surface area (Å²) in [4.78, 5) is 0. The van der Waals surface area contributed by atoms with Crippen LogP contribution in [0.15, 0.2) is 103 Å². The molecule has 0 unspecified atom stereocenters. The standard InChI is InChI=1S/C28H25P/c1-2-3-4-5-6-7-8-18-25-29(26-19-12-9-13-20-26,27-21-14-10-15-22-27)28-23-16-11-17-24-28/h8-25H,2-3H2,1H3/b18-8+. The van der Waals surface area contributed by atoms with E-state index in [-0.39, 0.29) is 0 Å². The fraction of sp³-hybridized carbons (Fsp3) is 0.107. The summed E-state index contributed by atoms with van der Waals surface area (Å²) >= 11 is 0. The Balaban J connectivity index is 2.17. The van der Waals surface area contributed by atoms with Crippen LogP contribution in [0.4, 0.5) is 0 Å². The van der Waals surface area contributed by atoms with Crippen molar-refractivity contribution < 1.29 is 0 Å². The van der Waals surface area contributed by atoms with E-state index in [2.05, 4.69) is 133 Å². The van der Waals surface area contributed by atoms with E-state index in [0.29, 0.717) is 0 Å². The van der Waals surface area contributed by atoms with Gasteiger partial charge in [0.15, 0.2) is 0 Å². The highest BCUT2D eigenvalue weighted by atomic mass is 31.2. The van der Waals surface area contributed by atoms with Crippen LogP contribution in [-0.4, -0.2) is 5.80 Å². The fourth-order valence-electron chi connectivity index (χ4n) is 3.22. The molecule has 0 aliphatic carbocycles. The van der Waals surface area contributed by atoms with Gasteiger partial charge >= 0.3 is 0 Å². The number of rotatable bonds is 5. The first-order chi connectivity index (χ1) is 14.4. The van der Waals surface area contributed by atoms with Crippen molar-refractivity contribution in [1.29, 1.82) is 0 Å². The SMILES string of the molecule is CCCC#CC#C/C=C/C=P(c1ccccc1)(c1ccccc1)c1ccccc1. The Hall–Kier alpha value is -3.18. The lowest BCUT2D eigenvalue weighted by atomic mass is 10.3. The molecule has 0 saturated carbocycles. The number of allylic oxidation sites excluding steroid dienone is 2. The molecule has 0 atom stereocenters. The molecule has 0 bridgehead atoms. The maximum atomic E-state index is 3.06. The van der Waals surface area contributed by atoms with Gasteiger partial charge in [0.1, 0.15) is 0 Å². The number of hydrogen-bond donors (Lipinski definition) is 0. The molecule has 1 heteroatoms. The van der Waals surface area contributed by atoms with Crippen molar-refractivity contribution in [3.05, 3.63) is 103 Å². The van der Waals surface area contributed by atoms with Gasteiger partial charge < -0.3 is 0 Å². The molecule has 0 spiro atoms. The Morgan fingerprint density at radius 3 is 1.62 bits per heavy atom. The minimum Gasteiger partial charge on any atom is -0.0891 e. The first-order valence-corrected chi connectivity index (χ1v) is 11.8. The van der Waals surface area contributed by atoms with E-state index in [0.717, 1.165) is 12.8 Å². The predicted molar refractivity (Wildman–Crippen MR) is 131 cm³/mol. The predicted octanol–water partition coefficient (Wildman–Crippen LogP) is 5.15. The molecule has 0 radical (unpaired) electrons. The Kier molecular flexibility index (Phi) is 7.78. The topological polar surface area (TPSA) is 0 Å². The summed E-state index contributed by atoms with van der Waals surface area (Å²) in [6.45, 7) is 0.187. The second-order valence-electron chi connectivity index (χ2n) is 6.56. The summed E-state index contributed by atoms with van der Waals surface area (Å²) in [6.07, 6.45) is 5.96. The van der Waals surface area contributed by atoms with Crippen LogP contribution in [-0.2, 0) is 0 Å². The largest absolute Gasteiger partial charge is 0.0891 e. The van der Waals surface area contributed by atoms with Crippen LogP contribution >= 0.6 is 6.89 Å². The summed E-state index contributed by atoms with van der Waals surface area (Å²) in [7, 11) is 0. The Morgan fingerprint density at radius 2 is 1.17 bits per heavy atom. The molecule has 0 nitrogen and oxygen atoms in total. The van der Waals surface area contributed by atoms with Gasteiger partial charge in [-0.2, -0.15) is 0 Å². The molecule has 0 aliphatic heterocycles. The van der Waals surface area contributed by atoms with Gasteiger partial charge in [-0.15, -0.1) is 0 Å². The number of unbranched alkanes of at least 4 members (excludes halogenated alkanes) is 1. The van der Waals surface area contributed by atoms with Gasteiger partial charge in [-0.1, -0.05) is 122 Å². The molecule has 3 aromatic carbocycles. The third-order valence-electron chi connectivity index (χ3n) is 4.58. The zero-order valence-electron chi connectivity index (χ0n) is 16.8. The highest BCUT2D eigenvalue weighted by molar-refractivity contribution is 7.94. The highest BCUT2D eigenvalue weighted by Gasteiger charge is 2.23. The quantitative estimate of drug-likeness (QED) is 0.416.